The van der Waals surface area contributed by atoms with Crippen molar-refractivity contribution in [1.82, 2.24) is 0 Å². The van der Waals surface area contributed by atoms with Crippen LogP contribution >= 0.6 is 11.6 Å². The maximum atomic E-state index is 10.9. The Morgan fingerprint density at radius 2 is 1.92 bits per heavy atom. The lowest BCUT2D eigenvalue weighted by Gasteiger charge is -2.03. The van der Waals surface area contributed by atoms with Crippen LogP contribution < -0.4 is 0 Å². The van der Waals surface area contributed by atoms with Crippen molar-refractivity contribution in [2.75, 3.05) is 0 Å². The Morgan fingerprint density at radius 1 is 1.46 bits per heavy atom. The van der Waals surface area contributed by atoms with Crippen molar-refractivity contribution in [2.45, 2.75) is 32.6 Å². The molecular formula is C10H15ClO2. The highest BCUT2D eigenvalue weighted by Crippen LogP contribution is 2.67. The number of alkyl halides is 1. The smallest absolute Gasteiger partial charge is 0.325 e. The van der Waals surface area contributed by atoms with Gasteiger partial charge in [-0.25, -0.2) is 0 Å². The minimum atomic E-state index is -1.09. The number of hydrogen-bond acceptors (Lipinski definition) is 1. The van der Waals surface area contributed by atoms with E-state index in [0.29, 0.717) is 0 Å². The van der Waals surface area contributed by atoms with Crippen LogP contribution in [0.4, 0.5) is 0 Å². The van der Waals surface area contributed by atoms with Crippen LogP contribution in [0.1, 0.15) is 27.7 Å². The molecule has 1 N–H and O–H groups in total. The highest BCUT2D eigenvalue weighted by atomic mass is 35.5. The first-order valence-corrected chi connectivity index (χ1v) is 4.69. The number of halogens is 1. The normalized spacial score (nSPS) is 35.3. The fourth-order valence-electron chi connectivity index (χ4n) is 1.81. The van der Waals surface area contributed by atoms with Crippen LogP contribution in [0.25, 0.3) is 0 Å². The van der Waals surface area contributed by atoms with Gasteiger partial charge in [0, 0.05) is 11.3 Å². The summed E-state index contributed by atoms with van der Waals surface area (Å²) in [5, 5.41) is 8.97. The van der Waals surface area contributed by atoms with Crippen LogP contribution in [-0.4, -0.2) is 16.0 Å². The van der Waals surface area contributed by atoms with Crippen molar-refractivity contribution in [2.24, 2.45) is 11.3 Å². The second-order valence-electron chi connectivity index (χ2n) is 4.46. The third-order valence-electron chi connectivity index (χ3n) is 2.87. The van der Waals surface area contributed by atoms with E-state index < -0.39 is 10.8 Å². The zero-order valence-corrected chi connectivity index (χ0v) is 9.14. The molecule has 1 aliphatic rings. The summed E-state index contributed by atoms with van der Waals surface area (Å²) in [4.78, 5) is 9.84. The summed E-state index contributed by atoms with van der Waals surface area (Å²) in [6.45, 7) is 7.68. The highest BCUT2D eigenvalue weighted by molar-refractivity contribution is 6.37. The molecule has 0 radical (unpaired) electrons. The molecule has 13 heavy (non-hydrogen) atoms. The Kier molecular flexibility index (Phi) is 2.23. The van der Waals surface area contributed by atoms with Crippen molar-refractivity contribution in [3.05, 3.63) is 11.6 Å². The molecule has 0 amide bonds. The molecule has 1 rings (SSSR count). The Hall–Kier alpha value is -0.500. The Labute approximate surface area is 83.6 Å². The van der Waals surface area contributed by atoms with E-state index in [1.807, 2.05) is 33.8 Å². The molecule has 1 saturated carbocycles. The van der Waals surface area contributed by atoms with Gasteiger partial charge in [-0.15, -0.1) is 11.6 Å². The van der Waals surface area contributed by atoms with E-state index in [-0.39, 0.29) is 11.3 Å². The average molecular weight is 203 g/mol. The van der Waals surface area contributed by atoms with Crippen LogP contribution in [0.2, 0.25) is 0 Å². The minimum absolute atomic E-state index is 0.0517. The van der Waals surface area contributed by atoms with Crippen LogP contribution in [0, 0.1) is 11.3 Å². The standard InChI is InChI=1S/C10H15ClO2/c1-6(2)5-7-9(3,4)10(7,11)8(12)13/h5,7H,1-4H3,(H,12,13). The number of hydrogen-bond donors (Lipinski definition) is 1. The number of carboxylic acid groups (broad SMARTS) is 1. The third kappa shape index (κ3) is 1.28. The second-order valence-corrected chi connectivity index (χ2v) is 5.06. The molecule has 0 aromatic heterocycles. The fourth-order valence-corrected chi connectivity index (χ4v) is 2.21. The van der Waals surface area contributed by atoms with E-state index in [4.69, 9.17) is 16.7 Å². The minimum Gasteiger partial charge on any atom is -0.480 e. The molecule has 1 aliphatic carbocycles. The lowest BCUT2D eigenvalue weighted by atomic mass is 10.1. The molecule has 0 heterocycles. The molecule has 3 heteroatoms. The van der Waals surface area contributed by atoms with Crippen LogP contribution in [-0.2, 0) is 4.79 Å². The predicted octanol–water partition coefficient (Wildman–Crippen LogP) is 2.67. The van der Waals surface area contributed by atoms with Gasteiger partial charge in [-0.1, -0.05) is 25.5 Å². The van der Waals surface area contributed by atoms with E-state index in [1.165, 1.54) is 0 Å². The van der Waals surface area contributed by atoms with E-state index in [2.05, 4.69) is 0 Å². The summed E-state index contributed by atoms with van der Waals surface area (Å²) in [5.74, 6) is -0.967. The lowest BCUT2D eigenvalue weighted by molar-refractivity contribution is -0.138. The number of allylic oxidation sites excluding steroid dienone is 2. The maximum Gasteiger partial charge on any atom is 0.325 e. The van der Waals surface area contributed by atoms with Gasteiger partial charge in [-0.3, -0.25) is 4.79 Å². The van der Waals surface area contributed by atoms with Gasteiger partial charge in [0.15, 0.2) is 4.87 Å². The van der Waals surface area contributed by atoms with Crippen molar-refractivity contribution in [3.8, 4) is 0 Å². The van der Waals surface area contributed by atoms with E-state index in [0.717, 1.165) is 5.57 Å². The zero-order chi connectivity index (χ0) is 10.4. The molecule has 0 bridgehead atoms. The largest absolute Gasteiger partial charge is 0.480 e. The monoisotopic (exact) mass is 202 g/mol. The Morgan fingerprint density at radius 3 is 2.15 bits per heavy atom. The quantitative estimate of drug-likeness (QED) is 0.552. The summed E-state index contributed by atoms with van der Waals surface area (Å²) in [5.41, 5.74) is 0.777. The molecule has 2 unspecified atom stereocenters. The summed E-state index contributed by atoms with van der Waals surface area (Å²) in [6, 6.07) is 0. The maximum absolute atomic E-state index is 10.9. The molecule has 0 aliphatic heterocycles. The highest BCUT2D eigenvalue weighted by Gasteiger charge is 2.74. The van der Waals surface area contributed by atoms with Gasteiger partial charge in [-0.05, 0) is 13.8 Å². The zero-order valence-electron chi connectivity index (χ0n) is 8.39. The van der Waals surface area contributed by atoms with Crippen LogP contribution in [0.5, 0.6) is 0 Å². The van der Waals surface area contributed by atoms with Gasteiger partial charge < -0.3 is 5.11 Å². The van der Waals surface area contributed by atoms with Crippen molar-refractivity contribution >= 4 is 17.6 Å². The van der Waals surface area contributed by atoms with Gasteiger partial charge in [0.25, 0.3) is 0 Å². The van der Waals surface area contributed by atoms with Gasteiger partial charge in [0.2, 0.25) is 0 Å². The number of rotatable bonds is 2. The first-order valence-electron chi connectivity index (χ1n) is 4.32. The average Bonchev–Trinajstić information content (AvgIpc) is 2.35. The Balaban J connectivity index is 2.95. The molecule has 0 aromatic rings. The van der Waals surface area contributed by atoms with Crippen LogP contribution in [0.15, 0.2) is 11.6 Å². The number of aliphatic carboxylic acids is 1. The second kappa shape index (κ2) is 2.74. The molecule has 2 nitrogen and oxygen atoms in total. The topological polar surface area (TPSA) is 37.3 Å². The van der Waals surface area contributed by atoms with E-state index in [1.54, 1.807) is 0 Å². The van der Waals surface area contributed by atoms with Crippen molar-refractivity contribution in [1.29, 1.82) is 0 Å². The molecule has 2 atom stereocenters. The van der Waals surface area contributed by atoms with Gasteiger partial charge >= 0.3 is 5.97 Å². The molecular weight excluding hydrogens is 188 g/mol. The predicted molar refractivity (Wildman–Crippen MR) is 52.9 cm³/mol. The first-order chi connectivity index (χ1) is 5.74. The fraction of sp³-hybridized carbons (Fsp3) is 0.700. The molecule has 0 aromatic carbocycles. The molecule has 1 fully saturated rings. The van der Waals surface area contributed by atoms with Crippen molar-refractivity contribution in [3.63, 3.8) is 0 Å². The van der Waals surface area contributed by atoms with E-state index in [9.17, 15) is 4.79 Å². The van der Waals surface area contributed by atoms with Gasteiger partial charge in [0.1, 0.15) is 0 Å². The van der Waals surface area contributed by atoms with E-state index >= 15 is 0 Å². The summed E-state index contributed by atoms with van der Waals surface area (Å²) in [7, 11) is 0. The number of carbonyl (C=O) groups is 1. The van der Waals surface area contributed by atoms with Gasteiger partial charge in [0.05, 0.1) is 0 Å². The summed E-state index contributed by atoms with van der Waals surface area (Å²) < 4.78 is 0. The lowest BCUT2D eigenvalue weighted by Crippen LogP contribution is -2.21. The SMILES string of the molecule is CC(C)=CC1C(C)(C)C1(Cl)C(=O)O. The number of carboxylic acids is 1. The Bertz CT molecular complexity index is 277. The summed E-state index contributed by atoms with van der Waals surface area (Å²) >= 11 is 6.04. The van der Waals surface area contributed by atoms with Crippen LogP contribution in [0.3, 0.4) is 0 Å². The molecule has 0 spiro atoms. The van der Waals surface area contributed by atoms with Crippen molar-refractivity contribution < 1.29 is 9.90 Å². The molecule has 0 saturated heterocycles. The first kappa shape index (κ1) is 10.6. The molecule has 74 valence electrons. The third-order valence-corrected chi connectivity index (χ3v) is 3.76. The van der Waals surface area contributed by atoms with Gasteiger partial charge in [-0.2, -0.15) is 0 Å². The summed E-state index contributed by atoms with van der Waals surface area (Å²) in [6.07, 6.45) is 1.95.